The zero-order chi connectivity index (χ0) is 13.1. The van der Waals surface area contributed by atoms with Crippen LogP contribution in [0, 0.1) is 13.8 Å². The standard InChI is InChI=1S/C15H21NO2.ClH/c1-11-4-5-13(10-12(11)2)15(17)18-14-6-8-16(3)9-7-14;/h4-5,10,14H,6-9H2,1-3H3;1H. The van der Waals surface area contributed by atoms with E-state index >= 15 is 0 Å². The number of piperidine rings is 1. The molecule has 3 nitrogen and oxygen atoms in total. The van der Waals surface area contributed by atoms with Crippen molar-refractivity contribution in [2.75, 3.05) is 20.1 Å². The van der Waals surface area contributed by atoms with Crippen LogP contribution in [0.5, 0.6) is 0 Å². The zero-order valence-corrected chi connectivity index (χ0v) is 12.6. The maximum absolute atomic E-state index is 12.0. The van der Waals surface area contributed by atoms with Crippen LogP contribution < -0.4 is 0 Å². The Kier molecular flexibility index (Phi) is 5.83. The molecule has 0 atom stereocenters. The molecule has 0 bridgehead atoms. The number of esters is 1. The van der Waals surface area contributed by atoms with Gasteiger partial charge in [0.15, 0.2) is 0 Å². The summed E-state index contributed by atoms with van der Waals surface area (Å²) in [6.45, 7) is 6.07. The number of carbonyl (C=O) groups excluding carboxylic acids is 1. The lowest BCUT2D eigenvalue weighted by molar-refractivity contribution is 0.0139. The van der Waals surface area contributed by atoms with Gasteiger partial charge < -0.3 is 9.64 Å². The van der Waals surface area contributed by atoms with E-state index in [2.05, 4.69) is 11.9 Å². The van der Waals surface area contributed by atoms with E-state index < -0.39 is 0 Å². The third-order valence-electron chi connectivity index (χ3n) is 3.68. The third-order valence-corrected chi connectivity index (χ3v) is 3.68. The molecule has 0 radical (unpaired) electrons. The minimum Gasteiger partial charge on any atom is -0.459 e. The molecule has 1 aliphatic rings. The smallest absolute Gasteiger partial charge is 0.338 e. The lowest BCUT2D eigenvalue weighted by atomic mass is 10.1. The number of likely N-dealkylation sites (tertiary alicyclic amines) is 1. The normalized spacial score (nSPS) is 16.8. The highest BCUT2D eigenvalue weighted by molar-refractivity contribution is 5.89. The van der Waals surface area contributed by atoms with Gasteiger partial charge in [0.05, 0.1) is 5.56 Å². The molecule has 0 saturated carbocycles. The van der Waals surface area contributed by atoms with Crippen LogP contribution in [0.1, 0.15) is 34.3 Å². The maximum atomic E-state index is 12.0. The van der Waals surface area contributed by atoms with Crippen LogP contribution in [0.4, 0.5) is 0 Å². The van der Waals surface area contributed by atoms with E-state index in [9.17, 15) is 4.79 Å². The number of rotatable bonds is 2. The van der Waals surface area contributed by atoms with Gasteiger partial charge in [-0.15, -0.1) is 12.4 Å². The largest absolute Gasteiger partial charge is 0.459 e. The van der Waals surface area contributed by atoms with Crippen molar-refractivity contribution in [2.24, 2.45) is 0 Å². The molecule has 2 rings (SSSR count). The topological polar surface area (TPSA) is 29.5 Å². The van der Waals surface area contributed by atoms with Crippen LogP contribution in [-0.4, -0.2) is 37.1 Å². The van der Waals surface area contributed by atoms with Crippen LogP contribution in [0.15, 0.2) is 18.2 Å². The van der Waals surface area contributed by atoms with Crippen molar-refractivity contribution in [1.82, 2.24) is 4.90 Å². The summed E-state index contributed by atoms with van der Waals surface area (Å²) in [5, 5.41) is 0. The second-order valence-corrected chi connectivity index (χ2v) is 5.21. The van der Waals surface area contributed by atoms with Crippen LogP contribution in [0.3, 0.4) is 0 Å². The number of halogens is 1. The number of nitrogens with zero attached hydrogens (tertiary/aromatic N) is 1. The molecule has 1 aromatic carbocycles. The molecule has 1 heterocycles. The average Bonchev–Trinajstić information content (AvgIpc) is 2.35. The summed E-state index contributed by atoms with van der Waals surface area (Å²) in [6.07, 6.45) is 1.95. The highest BCUT2D eigenvalue weighted by atomic mass is 35.5. The van der Waals surface area contributed by atoms with E-state index in [0.29, 0.717) is 5.56 Å². The minimum absolute atomic E-state index is 0. The van der Waals surface area contributed by atoms with E-state index in [1.807, 2.05) is 32.0 Å². The first-order chi connectivity index (χ1) is 8.56. The van der Waals surface area contributed by atoms with Crippen molar-refractivity contribution in [3.63, 3.8) is 0 Å². The fourth-order valence-corrected chi connectivity index (χ4v) is 2.19. The number of benzene rings is 1. The summed E-state index contributed by atoms with van der Waals surface area (Å²) in [5.41, 5.74) is 3.00. The molecule has 1 saturated heterocycles. The molecule has 0 N–H and O–H groups in total. The Bertz CT molecular complexity index is 440. The Morgan fingerprint density at radius 1 is 1.21 bits per heavy atom. The number of ether oxygens (including phenoxy) is 1. The summed E-state index contributed by atoms with van der Waals surface area (Å²) in [7, 11) is 2.10. The van der Waals surface area contributed by atoms with Crippen LogP contribution in [0.25, 0.3) is 0 Å². The summed E-state index contributed by atoms with van der Waals surface area (Å²) in [5.74, 6) is -0.187. The van der Waals surface area contributed by atoms with Crippen molar-refractivity contribution in [3.8, 4) is 0 Å². The van der Waals surface area contributed by atoms with Gasteiger partial charge in [-0.3, -0.25) is 0 Å². The number of hydrogen-bond acceptors (Lipinski definition) is 3. The van der Waals surface area contributed by atoms with E-state index in [1.54, 1.807) is 0 Å². The third kappa shape index (κ3) is 4.22. The maximum Gasteiger partial charge on any atom is 0.338 e. The van der Waals surface area contributed by atoms with Crippen molar-refractivity contribution < 1.29 is 9.53 Å². The fourth-order valence-electron chi connectivity index (χ4n) is 2.19. The van der Waals surface area contributed by atoms with Gasteiger partial charge >= 0.3 is 5.97 Å². The molecular weight excluding hydrogens is 262 g/mol. The molecular formula is C15H22ClNO2. The first kappa shape index (κ1) is 16.0. The van der Waals surface area contributed by atoms with Crippen molar-refractivity contribution in [3.05, 3.63) is 34.9 Å². The van der Waals surface area contributed by atoms with Crippen LogP contribution >= 0.6 is 12.4 Å². The Balaban J connectivity index is 0.00000180. The van der Waals surface area contributed by atoms with Gasteiger partial charge in [0.1, 0.15) is 6.10 Å². The van der Waals surface area contributed by atoms with Crippen LogP contribution in [0.2, 0.25) is 0 Å². The SMILES string of the molecule is Cc1ccc(C(=O)OC2CCN(C)CC2)cc1C.Cl. The summed E-state index contributed by atoms with van der Waals surface area (Å²) >= 11 is 0. The number of hydrogen-bond donors (Lipinski definition) is 0. The lowest BCUT2D eigenvalue weighted by Crippen LogP contribution is -2.35. The fraction of sp³-hybridized carbons (Fsp3) is 0.533. The predicted molar refractivity (Wildman–Crippen MR) is 79.1 cm³/mol. The summed E-state index contributed by atoms with van der Waals surface area (Å²) in [4.78, 5) is 14.3. The van der Waals surface area contributed by atoms with Crippen molar-refractivity contribution >= 4 is 18.4 Å². The van der Waals surface area contributed by atoms with E-state index in [1.165, 1.54) is 5.56 Å². The highest BCUT2D eigenvalue weighted by Crippen LogP contribution is 2.16. The van der Waals surface area contributed by atoms with Gasteiger partial charge in [0.2, 0.25) is 0 Å². The molecule has 19 heavy (non-hydrogen) atoms. The molecule has 4 heteroatoms. The second-order valence-electron chi connectivity index (χ2n) is 5.21. The van der Waals surface area contributed by atoms with Gasteiger partial charge in [0.25, 0.3) is 0 Å². The van der Waals surface area contributed by atoms with Gasteiger partial charge in [-0.25, -0.2) is 4.79 Å². The van der Waals surface area contributed by atoms with Crippen LogP contribution in [-0.2, 0) is 4.74 Å². The first-order valence-electron chi connectivity index (χ1n) is 6.53. The molecule has 0 amide bonds. The predicted octanol–water partition coefficient (Wildman–Crippen LogP) is 2.98. The quantitative estimate of drug-likeness (QED) is 0.782. The average molecular weight is 284 g/mol. The number of carbonyl (C=O) groups is 1. The van der Waals surface area contributed by atoms with Gasteiger partial charge in [0, 0.05) is 13.1 Å². The Hall–Kier alpha value is -1.06. The molecule has 1 aromatic rings. The van der Waals surface area contributed by atoms with E-state index in [-0.39, 0.29) is 24.5 Å². The first-order valence-corrected chi connectivity index (χ1v) is 6.53. The zero-order valence-electron chi connectivity index (χ0n) is 11.8. The number of aryl methyl sites for hydroxylation is 2. The van der Waals surface area contributed by atoms with Crippen molar-refractivity contribution in [1.29, 1.82) is 0 Å². The molecule has 0 aromatic heterocycles. The Morgan fingerprint density at radius 3 is 2.42 bits per heavy atom. The van der Waals surface area contributed by atoms with Gasteiger partial charge in [-0.2, -0.15) is 0 Å². The molecule has 0 spiro atoms. The van der Waals surface area contributed by atoms with Gasteiger partial charge in [-0.05, 0) is 57.0 Å². The molecule has 106 valence electrons. The second kappa shape index (κ2) is 6.92. The lowest BCUT2D eigenvalue weighted by Gasteiger charge is -2.28. The molecule has 0 aliphatic carbocycles. The Morgan fingerprint density at radius 2 is 1.84 bits per heavy atom. The van der Waals surface area contributed by atoms with Crippen molar-refractivity contribution in [2.45, 2.75) is 32.8 Å². The van der Waals surface area contributed by atoms with E-state index in [0.717, 1.165) is 31.5 Å². The summed E-state index contributed by atoms with van der Waals surface area (Å²) in [6, 6.07) is 5.73. The monoisotopic (exact) mass is 283 g/mol. The van der Waals surface area contributed by atoms with E-state index in [4.69, 9.17) is 4.74 Å². The Labute approximate surface area is 121 Å². The molecule has 1 fully saturated rings. The summed E-state index contributed by atoms with van der Waals surface area (Å²) < 4.78 is 5.55. The highest BCUT2D eigenvalue weighted by Gasteiger charge is 2.21. The molecule has 0 unspecified atom stereocenters. The molecule has 1 aliphatic heterocycles. The van der Waals surface area contributed by atoms with Gasteiger partial charge in [-0.1, -0.05) is 6.07 Å². The minimum atomic E-state index is -0.187.